The number of aryl methyl sites for hydroxylation is 1. The van der Waals surface area contributed by atoms with Crippen molar-refractivity contribution in [2.24, 2.45) is 4.99 Å². The number of methoxy groups -OCH3 is 1. The van der Waals surface area contributed by atoms with E-state index in [4.69, 9.17) is 16.3 Å². The maximum absolute atomic E-state index is 12.2. The topological polar surface area (TPSA) is 105 Å². The number of amides is 1. The number of carbonyl (C=O) groups excluding carboxylic acids is 1. The SMILES string of the molecule is CN=C(NCCNC(=O)c1ccccc1Cl)NC1CCc2nc(COC)nn2C1. The highest BCUT2D eigenvalue weighted by Gasteiger charge is 2.22. The Labute approximate surface area is 174 Å². The number of fused-ring (bicyclic) bond motifs is 1. The minimum Gasteiger partial charge on any atom is -0.377 e. The van der Waals surface area contributed by atoms with E-state index in [9.17, 15) is 4.79 Å². The summed E-state index contributed by atoms with van der Waals surface area (Å²) < 4.78 is 7.02. The minimum atomic E-state index is -0.196. The molecule has 0 saturated heterocycles. The van der Waals surface area contributed by atoms with Crippen LogP contribution in [0, 0.1) is 0 Å². The smallest absolute Gasteiger partial charge is 0.252 e. The summed E-state index contributed by atoms with van der Waals surface area (Å²) in [4.78, 5) is 20.9. The number of nitrogens with one attached hydrogen (secondary N) is 3. The highest BCUT2D eigenvalue weighted by atomic mass is 35.5. The van der Waals surface area contributed by atoms with Crippen LogP contribution in [0.25, 0.3) is 0 Å². The van der Waals surface area contributed by atoms with Crippen LogP contribution in [0.15, 0.2) is 29.3 Å². The van der Waals surface area contributed by atoms with Crippen LogP contribution in [0.4, 0.5) is 0 Å². The van der Waals surface area contributed by atoms with Crippen LogP contribution in [-0.4, -0.2) is 59.9 Å². The van der Waals surface area contributed by atoms with Crippen molar-refractivity contribution in [3.63, 3.8) is 0 Å². The molecule has 1 unspecified atom stereocenters. The summed E-state index contributed by atoms with van der Waals surface area (Å²) in [5.41, 5.74) is 0.468. The summed E-state index contributed by atoms with van der Waals surface area (Å²) in [5.74, 6) is 2.18. The van der Waals surface area contributed by atoms with E-state index in [-0.39, 0.29) is 11.9 Å². The first-order chi connectivity index (χ1) is 14.1. The fraction of sp³-hybridized carbons (Fsp3) is 0.474. The number of hydrogen-bond acceptors (Lipinski definition) is 5. The molecule has 1 aromatic heterocycles. The summed E-state index contributed by atoms with van der Waals surface area (Å²) in [7, 11) is 3.36. The monoisotopic (exact) mass is 419 g/mol. The summed E-state index contributed by atoms with van der Waals surface area (Å²) in [6.45, 7) is 2.12. The van der Waals surface area contributed by atoms with Gasteiger partial charge in [0.1, 0.15) is 12.4 Å². The number of guanidine groups is 1. The third kappa shape index (κ3) is 5.68. The van der Waals surface area contributed by atoms with Gasteiger partial charge in [-0.3, -0.25) is 9.79 Å². The van der Waals surface area contributed by atoms with Gasteiger partial charge >= 0.3 is 0 Å². The van der Waals surface area contributed by atoms with E-state index < -0.39 is 0 Å². The van der Waals surface area contributed by atoms with Gasteiger partial charge in [-0.2, -0.15) is 5.10 Å². The number of hydrogen-bond donors (Lipinski definition) is 3. The van der Waals surface area contributed by atoms with E-state index in [2.05, 4.69) is 31.0 Å². The van der Waals surface area contributed by atoms with Gasteiger partial charge in [0.25, 0.3) is 5.91 Å². The second-order valence-electron chi connectivity index (χ2n) is 6.67. The Bertz CT molecular complexity index is 868. The number of aliphatic imine (C=N–C) groups is 1. The Morgan fingerprint density at radius 1 is 1.34 bits per heavy atom. The summed E-state index contributed by atoms with van der Waals surface area (Å²) in [5, 5.41) is 14.4. The molecule has 1 atom stereocenters. The van der Waals surface area contributed by atoms with Gasteiger partial charge in [-0.25, -0.2) is 9.67 Å². The number of carbonyl (C=O) groups is 1. The normalized spacial score (nSPS) is 16.2. The Morgan fingerprint density at radius 3 is 2.90 bits per heavy atom. The van der Waals surface area contributed by atoms with Crippen molar-refractivity contribution >= 4 is 23.5 Å². The van der Waals surface area contributed by atoms with E-state index in [0.717, 1.165) is 25.2 Å². The minimum absolute atomic E-state index is 0.196. The molecule has 1 aliphatic heterocycles. The number of rotatable bonds is 7. The lowest BCUT2D eigenvalue weighted by atomic mass is 10.1. The molecule has 10 heteroatoms. The Hall–Kier alpha value is -2.65. The first-order valence-electron chi connectivity index (χ1n) is 9.52. The van der Waals surface area contributed by atoms with Crippen LogP contribution in [0.3, 0.4) is 0 Å². The molecule has 9 nitrogen and oxygen atoms in total. The van der Waals surface area contributed by atoms with Crippen molar-refractivity contribution in [3.8, 4) is 0 Å². The maximum atomic E-state index is 12.2. The van der Waals surface area contributed by atoms with Crippen molar-refractivity contribution in [3.05, 3.63) is 46.5 Å². The Kier molecular flexibility index (Phi) is 7.42. The molecule has 3 N–H and O–H groups in total. The van der Waals surface area contributed by atoms with Gasteiger partial charge in [0.15, 0.2) is 11.8 Å². The predicted molar refractivity (Wildman–Crippen MR) is 111 cm³/mol. The molecule has 1 aliphatic rings. The number of ether oxygens (including phenoxy) is 1. The quantitative estimate of drug-likeness (QED) is 0.351. The first kappa shape index (κ1) is 21.1. The van der Waals surface area contributed by atoms with Gasteiger partial charge in [0, 0.05) is 39.7 Å². The number of aromatic nitrogens is 3. The molecule has 0 bridgehead atoms. The highest BCUT2D eigenvalue weighted by Crippen LogP contribution is 2.14. The second-order valence-corrected chi connectivity index (χ2v) is 7.08. The van der Waals surface area contributed by atoms with E-state index in [1.807, 2.05) is 4.68 Å². The molecule has 0 aliphatic carbocycles. The third-order valence-electron chi connectivity index (χ3n) is 4.56. The lowest BCUT2D eigenvalue weighted by Gasteiger charge is -2.25. The molecular formula is C19H26ClN7O2. The molecule has 1 amide bonds. The van der Waals surface area contributed by atoms with Gasteiger partial charge in [-0.15, -0.1) is 0 Å². The first-order valence-corrected chi connectivity index (χ1v) is 9.90. The lowest BCUT2D eigenvalue weighted by molar-refractivity contribution is 0.0954. The molecule has 1 aromatic carbocycles. The molecule has 2 aromatic rings. The number of benzene rings is 1. The average molecular weight is 420 g/mol. The maximum Gasteiger partial charge on any atom is 0.252 e. The van der Waals surface area contributed by atoms with E-state index in [1.54, 1.807) is 38.4 Å². The number of nitrogens with zero attached hydrogens (tertiary/aromatic N) is 4. The fourth-order valence-electron chi connectivity index (χ4n) is 3.15. The third-order valence-corrected chi connectivity index (χ3v) is 4.89. The molecule has 29 heavy (non-hydrogen) atoms. The van der Waals surface area contributed by atoms with Crippen molar-refractivity contribution in [2.45, 2.75) is 32.0 Å². The van der Waals surface area contributed by atoms with Gasteiger partial charge in [-0.1, -0.05) is 23.7 Å². The Morgan fingerprint density at radius 2 is 2.14 bits per heavy atom. The lowest BCUT2D eigenvalue weighted by Crippen LogP contribution is -2.48. The molecule has 3 rings (SSSR count). The van der Waals surface area contributed by atoms with Crippen LogP contribution in [0.5, 0.6) is 0 Å². The summed E-state index contributed by atoms with van der Waals surface area (Å²) in [6.07, 6.45) is 1.79. The molecule has 0 radical (unpaired) electrons. The standard InChI is InChI=1S/C19H26ClN7O2/c1-21-19(23-10-9-22-18(28)14-5-3-4-6-15(14)20)24-13-7-8-17-25-16(12-29-2)26-27(17)11-13/h3-6,13H,7-12H2,1-2H3,(H,22,28)(H2,21,23,24). The van der Waals surface area contributed by atoms with Crippen molar-refractivity contribution in [1.82, 2.24) is 30.7 Å². The number of halogens is 1. The predicted octanol–water partition coefficient (Wildman–Crippen LogP) is 0.988. The van der Waals surface area contributed by atoms with Gasteiger partial charge in [-0.05, 0) is 18.6 Å². The van der Waals surface area contributed by atoms with Crippen LogP contribution in [-0.2, 0) is 24.3 Å². The largest absolute Gasteiger partial charge is 0.377 e. The Balaban J connectivity index is 1.43. The van der Waals surface area contributed by atoms with Gasteiger partial charge < -0.3 is 20.7 Å². The summed E-state index contributed by atoms with van der Waals surface area (Å²) in [6, 6.07) is 7.17. The molecular weight excluding hydrogens is 394 g/mol. The van der Waals surface area contributed by atoms with Crippen molar-refractivity contribution in [1.29, 1.82) is 0 Å². The van der Waals surface area contributed by atoms with E-state index in [0.29, 0.717) is 42.1 Å². The molecule has 156 valence electrons. The fourth-order valence-corrected chi connectivity index (χ4v) is 3.38. The van der Waals surface area contributed by atoms with Crippen molar-refractivity contribution < 1.29 is 9.53 Å². The van der Waals surface area contributed by atoms with Crippen molar-refractivity contribution in [2.75, 3.05) is 27.2 Å². The van der Waals surface area contributed by atoms with E-state index in [1.165, 1.54) is 0 Å². The average Bonchev–Trinajstić information content (AvgIpc) is 3.12. The zero-order chi connectivity index (χ0) is 20.6. The van der Waals surface area contributed by atoms with Crippen LogP contribution >= 0.6 is 11.6 Å². The zero-order valence-electron chi connectivity index (χ0n) is 16.6. The molecule has 2 heterocycles. The molecule has 0 spiro atoms. The van der Waals surface area contributed by atoms with Crippen LogP contribution in [0.1, 0.15) is 28.4 Å². The summed E-state index contributed by atoms with van der Waals surface area (Å²) >= 11 is 6.04. The zero-order valence-corrected chi connectivity index (χ0v) is 17.4. The van der Waals surface area contributed by atoms with Gasteiger partial charge in [0.2, 0.25) is 0 Å². The molecule has 0 fully saturated rings. The van der Waals surface area contributed by atoms with Gasteiger partial charge in [0.05, 0.1) is 17.1 Å². The second kappa shape index (κ2) is 10.2. The molecule has 0 saturated carbocycles. The highest BCUT2D eigenvalue weighted by molar-refractivity contribution is 6.33. The van der Waals surface area contributed by atoms with Crippen LogP contribution in [0.2, 0.25) is 5.02 Å². The van der Waals surface area contributed by atoms with E-state index >= 15 is 0 Å². The van der Waals surface area contributed by atoms with Crippen LogP contribution < -0.4 is 16.0 Å².